The number of benzene rings is 3. The van der Waals surface area contributed by atoms with Crippen LogP contribution in [-0.4, -0.2) is 0 Å². The second-order valence-corrected chi connectivity index (χ2v) is 6.17. The van der Waals surface area contributed by atoms with Crippen molar-refractivity contribution in [1.82, 2.24) is 0 Å². The number of nitriles is 2. The summed E-state index contributed by atoms with van der Waals surface area (Å²) in [4.78, 5) is 7.92. The van der Waals surface area contributed by atoms with Gasteiger partial charge in [0.15, 0.2) is 22.0 Å². The first kappa shape index (κ1) is 15.8. The van der Waals surface area contributed by atoms with Crippen LogP contribution in [0.2, 0.25) is 0 Å². The molecular weight excluding hydrogens is 352 g/mol. The van der Waals surface area contributed by atoms with E-state index in [2.05, 4.69) is 9.98 Å². The van der Waals surface area contributed by atoms with E-state index < -0.39 is 0 Å². The van der Waals surface area contributed by atoms with E-state index in [1.165, 1.54) is 0 Å². The van der Waals surface area contributed by atoms with E-state index in [0.717, 1.165) is 10.8 Å². The zero-order valence-electron chi connectivity index (χ0n) is 14.4. The molecule has 0 amide bonds. The van der Waals surface area contributed by atoms with Gasteiger partial charge in [0.1, 0.15) is 10.7 Å². The Morgan fingerprint density at radius 2 is 1.07 bits per heavy atom. The lowest BCUT2D eigenvalue weighted by molar-refractivity contribution is 0.465. The lowest BCUT2D eigenvalue weighted by Crippen LogP contribution is -2.17. The van der Waals surface area contributed by atoms with Crippen molar-refractivity contribution in [3.8, 4) is 12.4 Å². The van der Waals surface area contributed by atoms with Crippen LogP contribution in [0.25, 0.3) is 32.7 Å². The zero-order chi connectivity index (χ0) is 19.1. The van der Waals surface area contributed by atoms with Crippen LogP contribution in [0.3, 0.4) is 0 Å². The highest BCUT2D eigenvalue weighted by molar-refractivity contribution is 5.93. The van der Waals surface area contributed by atoms with Crippen LogP contribution in [0.15, 0.2) is 79.5 Å². The molecule has 1 aliphatic heterocycles. The number of hydrogen-bond acceptors (Lipinski definition) is 6. The highest BCUT2D eigenvalue weighted by Crippen LogP contribution is 2.23. The molecule has 0 bridgehead atoms. The third-order valence-corrected chi connectivity index (χ3v) is 4.63. The molecule has 6 nitrogen and oxygen atoms in total. The predicted molar refractivity (Wildman–Crippen MR) is 101 cm³/mol. The highest BCUT2D eigenvalue weighted by atomic mass is 16.4. The van der Waals surface area contributed by atoms with Gasteiger partial charge < -0.3 is 8.83 Å². The Morgan fingerprint density at radius 1 is 0.643 bits per heavy atom. The van der Waals surface area contributed by atoms with E-state index in [0.29, 0.717) is 32.7 Å². The molecule has 0 N–H and O–H groups in total. The van der Waals surface area contributed by atoms with Gasteiger partial charge in [-0.1, -0.05) is 48.5 Å². The first-order valence-corrected chi connectivity index (χ1v) is 8.47. The molecule has 0 saturated carbocycles. The molecule has 1 aliphatic carbocycles. The van der Waals surface area contributed by atoms with Crippen molar-refractivity contribution in [3.05, 3.63) is 82.2 Å². The molecular formula is C22H10N4O2. The standard InChI is InChI=1S/C22H10N4O2/c23-11-25-19-15-7-3-4-8-16(15)20(26-12-24)22-21(19)27-17-9-13-5-1-2-6-14(13)10-18(17)28-22/h1-10H. The topological polar surface area (TPSA) is 98.6 Å². The molecule has 0 fully saturated rings. The van der Waals surface area contributed by atoms with Crippen molar-refractivity contribution in [3.63, 3.8) is 0 Å². The van der Waals surface area contributed by atoms with Crippen molar-refractivity contribution >= 4 is 32.7 Å². The summed E-state index contributed by atoms with van der Waals surface area (Å²) in [5, 5.41) is 22.4. The minimum absolute atomic E-state index is 0.275. The summed E-state index contributed by atoms with van der Waals surface area (Å²) in [6, 6.07) is 18.9. The summed E-state index contributed by atoms with van der Waals surface area (Å²) in [5.74, 6) is 0. The van der Waals surface area contributed by atoms with Gasteiger partial charge in [-0.25, -0.2) is 0 Å². The van der Waals surface area contributed by atoms with Crippen LogP contribution in [0.5, 0.6) is 0 Å². The van der Waals surface area contributed by atoms with E-state index in [1.54, 1.807) is 12.1 Å². The molecule has 0 radical (unpaired) electrons. The zero-order valence-corrected chi connectivity index (χ0v) is 14.4. The van der Waals surface area contributed by atoms with E-state index >= 15 is 0 Å². The Hall–Kier alpha value is -4.42. The van der Waals surface area contributed by atoms with Crippen LogP contribution in [0.1, 0.15) is 0 Å². The monoisotopic (exact) mass is 362 g/mol. The van der Waals surface area contributed by atoms with Crippen LogP contribution >= 0.6 is 0 Å². The van der Waals surface area contributed by atoms with E-state index in [1.807, 2.05) is 60.9 Å². The maximum absolute atomic E-state index is 9.20. The number of rotatable bonds is 0. The lowest BCUT2D eigenvalue weighted by Gasteiger charge is -2.05. The third kappa shape index (κ3) is 2.26. The summed E-state index contributed by atoms with van der Waals surface area (Å²) in [7, 11) is 0. The normalized spacial score (nSPS) is 12.6. The first-order valence-electron chi connectivity index (χ1n) is 8.47. The van der Waals surface area contributed by atoms with Gasteiger partial charge in [-0.3, -0.25) is 0 Å². The highest BCUT2D eigenvalue weighted by Gasteiger charge is 2.12. The van der Waals surface area contributed by atoms with Crippen LogP contribution in [0.4, 0.5) is 0 Å². The van der Waals surface area contributed by atoms with E-state index in [9.17, 15) is 10.5 Å². The van der Waals surface area contributed by atoms with Gasteiger partial charge in [-0.2, -0.15) is 20.5 Å². The average molecular weight is 362 g/mol. The Labute approximate surface area is 157 Å². The molecule has 0 saturated heterocycles. The Kier molecular flexibility index (Phi) is 3.43. The summed E-state index contributed by atoms with van der Waals surface area (Å²) in [5.41, 5.74) is 1.58. The molecule has 0 spiro atoms. The second kappa shape index (κ2) is 6.08. The smallest absolute Gasteiger partial charge is 0.206 e. The quantitative estimate of drug-likeness (QED) is 0.391. The fourth-order valence-corrected chi connectivity index (χ4v) is 3.45. The van der Waals surface area contributed by atoms with Crippen molar-refractivity contribution in [2.24, 2.45) is 9.98 Å². The minimum atomic E-state index is 0.275. The molecule has 5 rings (SSSR count). The molecule has 0 aromatic heterocycles. The fraction of sp³-hybridized carbons (Fsp3) is 0. The molecule has 3 aromatic rings. The molecule has 1 heterocycles. The molecule has 3 aromatic carbocycles. The van der Waals surface area contributed by atoms with Crippen molar-refractivity contribution in [2.75, 3.05) is 0 Å². The Balaban J connectivity index is 2.16. The second-order valence-electron chi connectivity index (χ2n) is 6.17. The predicted octanol–water partition coefficient (Wildman–Crippen LogP) is 3.82. The summed E-state index contributed by atoms with van der Waals surface area (Å²) >= 11 is 0. The maximum Gasteiger partial charge on any atom is 0.206 e. The van der Waals surface area contributed by atoms with Gasteiger partial charge in [0, 0.05) is 10.8 Å². The minimum Gasteiger partial charge on any atom is -0.447 e. The maximum atomic E-state index is 9.20. The fourth-order valence-electron chi connectivity index (χ4n) is 3.45. The first-order chi connectivity index (χ1) is 13.8. The van der Waals surface area contributed by atoms with E-state index in [4.69, 9.17) is 8.83 Å². The van der Waals surface area contributed by atoms with Gasteiger partial charge in [0.05, 0.1) is 0 Å². The Bertz CT molecular complexity index is 1570. The lowest BCUT2D eigenvalue weighted by atomic mass is 10.1. The van der Waals surface area contributed by atoms with Gasteiger partial charge in [-0.05, 0) is 22.9 Å². The van der Waals surface area contributed by atoms with Gasteiger partial charge in [0.25, 0.3) is 0 Å². The van der Waals surface area contributed by atoms with Crippen molar-refractivity contribution < 1.29 is 8.83 Å². The van der Waals surface area contributed by atoms with Crippen molar-refractivity contribution in [2.45, 2.75) is 0 Å². The Morgan fingerprint density at radius 3 is 1.50 bits per heavy atom. The number of hydrogen-bond donors (Lipinski definition) is 0. The van der Waals surface area contributed by atoms with Crippen LogP contribution < -0.4 is 10.7 Å². The van der Waals surface area contributed by atoms with E-state index in [-0.39, 0.29) is 10.8 Å². The molecule has 0 unspecified atom stereocenters. The largest absolute Gasteiger partial charge is 0.447 e. The number of fused-ring (bicyclic) bond motifs is 3. The molecule has 28 heavy (non-hydrogen) atoms. The van der Waals surface area contributed by atoms with Gasteiger partial charge in [-0.15, -0.1) is 0 Å². The van der Waals surface area contributed by atoms with Crippen molar-refractivity contribution in [1.29, 1.82) is 10.5 Å². The molecule has 6 heteroatoms. The summed E-state index contributed by atoms with van der Waals surface area (Å²) in [6.45, 7) is 0. The average Bonchev–Trinajstić information content (AvgIpc) is 2.73. The van der Waals surface area contributed by atoms with Crippen LogP contribution in [-0.2, 0) is 0 Å². The SMILES string of the molecule is N#CN=c1c2oc3cc4ccccc4cc3oc=2c(=NC#N)c2ccccc12. The number of nitrogens with zero attached hydrogens (tertiary/aromatic N) is 4. The molecule has 130 valence electrons. The van der Waals surface area contributed by atoms with Gasteiger partial charge in [0.2, 0.25) is 12.4 Å². The van der Waals surface area contributed by atoms with Gasteiger partial charge >= 0.3 is 0 Å². The third-order valence-electron chi connectivity index (χ3n) is 4.63. The molecule has 2 aliphatic rings. The summed E-state index contributed by atoms with van der Waals surface area (Å²) in [6.07, 6.45) is 3.65. The molecule has 0 atom stereocenters. The van der Waals surface area contributed by atoms with Crippen LogP contribution in [0, 0.1) is 33.7 Å². The summed E-state index contributed by atoms with van der Waals surface area (Å²) < 4.78 is 12.3.